The Bertz CT molecular complexity index is 550. The lowest BCUT2D eigenvalue weighted by Gasteiger charge is -2.25. The Morgan fingerprint density at radius 2 is 1.87 bits per heavy atom. The van der Waals surface area contributed by atoms with Crippen LogP contribution in [0.3, 0.4) is 0 Å². The van der Waals surface area contributed by atoms with Crippen LogP contribution in [0.4, 0.5) is 0 Å². The third-order valence-electron chi connectivity index (χ3n) is 4.35. The Morgan fingerprint density at radius 3 is 2.39 bits per heavy atom. The normalized spacial score (nSPS) is 18.0. The molecule has 1 fully saturated rings. The zero-order chi connectivity index (χ0) is 17.0. The fourth-order valence-electron chi connectivity index (χ4n) is 3.05. The smallest absolute Gasteiger partial charge is 0.243 e. The molecule has 0 spiro atoms. The van der Waals surface area contributed by atoms with Gasteiger partial charge in [-0.1, -0.05) is 26.7 Å². The second kappa shape index (κ2) is 7.90. The van der Waals surface area contributed by atoms with Crippen molar-refractivity contribution in [2.75, 3.05) is 0 Å². The number of hydrogen-bond donors (Lipinski definition) is 2. The van der Waals surface area contributed by atoms with Crippen LogP contribution in [0, 0.1) is 5.92 Å². The maximum atomic E-state index is 12.6. The van der Waals surface area contributed by atoms with Crippen LogP contribution in [0.1, 0.15) is 76.0 Å². The summed E-state index contributed by atoms with van der Waals surface area (Å²) in [6.07, 6.45) is 4.27. The van der Waals surface area contributed by atoms with E-state index in [0.717, 1.165) is 36.4 Å². The van der Waals surface area contributed by atoms with E-state index in [0.29, 0.717) is 5.92 Å². The first kappa shape index (κ1) is 17.9. The minimum atomic E-state index is -0.430. The Labute approximate surface area is 142 Å². The molecule has 1 saturated carbocycles. The van der Waals surface area contributed by atoms with Crippen molar-refractivity contribution in [3.8, 4) is 0 Å². The average molecular weight is 337 g/mol. The summed E-state index contributed by atoms with van der Waals surface area (Å²) in [5.41, 5.74) is 0.889. The van der Waals surface area contributed by atoms with E-state index in [9.17, 15) is 9.59 Å². The molecule has 0 saturated heterocycles. The molecule has 5 nitrogen and oxygen atoms in total. The number of nitrogens with zero attached hydrogens (tertiary/aromatic N) is 1. The molecule has 0 unspecified atom stereocenters. The van der Waals surface area contributed by atoms with Gasteiger partial charge in [0, 0.05) is 18.2 Å². The van der Waals surface area contributed by atoms with Crippen LogP contribution in [-0.4, -0.2) is 22.8 Å². The zero-order valence-electron chi connectivity index (χ0n) is 14.4. The van der Waals surface area contributed by atoms with E-state index in [4.69, 9.17) is 0 Å². The molecule has 0 aliphatic heterocycles. The second-order valence-electron chi connectivity index (χ2n) is 6.72. The van der Waals surface area contributed by atoms with Crippen molar-refractivity contribution in [1.29, 1.82) is 0 Å². The van der Waals surface area contributed by atoms with Gasteiger partial charge in [-0.2, -0.15) is 0 Å². The summed E-state index contributed by atoms with van der Waals surface area (Å²) >= 11 is 1.63. The van der Waals surface area contributed by atoms with Crippen LogP contribution in [0.25, 0.3) is 0 Å². The molecule has 2 amide bonds. The number of hydrogen-bond acceptors (Lipinski definition) is 4. The Kier molecular flexibility index (Phi) is 6.16. The van der Waals surface area contributed by atoms with E-state index in [2.05, 4.69) is 29.5 Å². The monoisotopic (exact) mass is 337 g/mol. The third kappa shape index (κ3) is 4.77. The number of aromatic nitrogens is 1. The van der Waals surface area contributed by atoms with E-state index in [-0.39, 0.29) is 23.8 Å². The summed E-state index contributed by atoms with van der Waals surface area (Å²) in [6, 6.07) is -0.579. The molecule has 1 heterocycles. The van der Waals surface area contributed by atoms with Gasteiger partial charge in [0.1, 0.15) is 6.04 Å². The van der Waals surface area contributed by atoms with Crippen molar-refractivity contribution in [2.24, 2.45) is 5.92 Å². The van der Waals surface area contributed by atoms with Crippen molar-refractivity contribution in [3.05, 3.63) is 16.1 Å². The van der Waals surface area contributed by atoms with E-state index < -0.39 is 6.04 Å². The summed E-state index contributed by atoms with van der Waals surface area (Å²) in [5, 5.41) is 8.94. The van der Waals surface area contributed by atoms with Crippen LogP contribution in [-0.2, 0) is 9.59 Å². The lowest BCUT2D eigenvalue weighted by molar-refractivity contribution is -0.129. The standard InChI is InChI=1S/C17H27N3O2S/c1-10(2)17-20-14(9-23-17)11(3)18-16(22)15(19-12(4)21)13-7-5-6-8-13/h9-11,13,15H,5-8H2,1-4H3,(H,18,22)(H,19,21)/t11-,15+/m1/s1. The molecule has 1 aliphatic carbocycles. The van der Waals surface area contributed by atoms with Gasteiger partial charge in [0.2, 0.25) is 11.8 Å². The van der Waals surface area contributed by atoms with Gasteiger partial charge in [-0.25, -0.2) is 4.98 Å². The van der Waals surface area contributed by atoms with Gasteiger partial charge < -0.3 is 10.6 Å². The first-order chi connectivity index (χ1) is 10.9. The van der Waals surface area contributed by atoms with Gasteiger partial charge in [-0.3, -0.25) is 9.59 Å². The van der Waals surface area contributed by atoms with Crippen LogP contribution < -0.4 is 10.6 Å². The SMILES string of the molecule is CC(=O)N[C@H](C(=O)N[C@H](C)c1csc(C(C)C)n1)C1CCCC1. The van der Waals surface area contributed by atoms with E-state index in [1.54, 1.807) is 11.3 Å². The highest BCUT2D eigenvalue weighted by Gasteiger charge is 2.32. The number of amides is 2. The minimum absolute atomic E-state index is 0.0984. The highest BCUT2D eigenvalue weighted by molar-refractivity contribution is 7.09. The Hall–Kier alpha value is -1.43. The number of carbonyl (C=O) groups excluding carboxylic acids is 2. The minimum Gasteiger partial charge on any atom is -0.346 e. The third-order valence-corrected chi connectivity index (χ3v) is 5.51. The molecule has 1 aromatic rings. The highest BCUT2D eigenvalue weighted by atomic mass is 32.1. The molecule has 0 bridgehead atoms. The van der Waals surface area contributed by atoms with Crippen LogP contribution in [0.2, 0.25) is 0 Å². The molecule has 128 valence electrons. The molecule has 23 heavy (non-hydrogen) atoms. The average Bonchev–Trinajstić information content (AvgIpc) is 3.15. The van der Waals surface area contributed by atoms with E-state index in [1.165, 1.54) is 6.92 Å². The maximum absolute atomic E-state index is 12.6. The number of nitrogens with one attached hydrogen (secondary N) is 2. The number of thiazole rings is 1. The first-order valence-corrected chi connectivity index (χ1v) is 9.29. The zero-order valence-corrected chi connectivity index (χ0v) is 15.2. The Morgan fingerprint density at radius 1 is 1.22 bits per heavy atom. The van der Waals surface area contributed by atoms with Gasteiger partial charge in [0.25, 0.3) is 0 Å². The first-order valence-electron chi connectivity index (χ1n) is 8.41. The van der Waals surface area contributed by atoms with Crippen molar-refractivity contribution in [3.63, 3.8) is 0 Å². The van der Waals surface area contributed by atoms with Gasteiger partial charge in [-0.05, 0) is 25.7 Å². The van der Waals surface area contributed by atoms with Crippen molar-refractivity contribution < 1.29 is 9.59 Å². The van der Waals surface area contributed by atoms with Crippen LogP contribution >= 0.6 is 11.3 Å². The topological polar surface area (TPSA) is 71.1 Å². The second-order valence-corrected chi connectivity index (χ2v) is 7.61. The largest absolute Gasteiger partial charge is 0.346 e. The highest BCUT2D eigenvalue weighted by Crippen LogP contribution is 2.28. The van der Waals surface area contributed by atoms with Gasteiger partial charge in [-0.15, -0.1) is 11.3 Å². The molecule has 2 N–H and O–H groups in total. The molecule has 1 aliphatic rings. The number of carbonyl (C=O) groups is 2. The van der Waals surface area contributed by atoms with Gasteiger partial charge in [0.05, 0.1) is 16.7 Å². The van der Waals surface area contributed by atoms with Gasteiger partial charge in [0.15, 0.2) is 0 Å². The van der Waals surface area contributed by atoms with Gasteiger partial charge >= 0.3 is 0 Å². The Balaban J connectivity index is 2.02. The van der Waals surface area contributed by atoms with Crippen molar-refractivity contribution >= 4 is 23.2 Å². The molecular formula is C17H27N3O2S. The molecular weight excluding hydrogens is 310 g/mol. The number of rotatable bonds is 6. The summed E-state index contributed by atoms with van der Waals surface area (Å²) in [4.78, 5) is 28.7. The fraction of sp³-hybridized carbons (Fsp3) is 0.706. The van der Waals surface area contributed by atoms with E-state index >= 15 is 0 Å². The summed E-state index contributed by atoms with van der Waals surface area (Å²) in [7, 11) is 0. The quantitative estimate of drug-likeness (QED) is 0.838. The fourth-order valence-corrected chi connectivity index (χ4v) is 3.98. The van der Waals surface area contributed by atoms with Crippen molar-refractivity contribution in [2.45, 2.75) is 71.4 Å². The van der Waals surface area contributed by atoms with Crippen LogP contribution in [0.15, 0.2) is 5.38 Å². The molecule has 1 aromatic heterocycles. The summed E-state index contributed by atoms with van der Waals surface area (Å²) in [5.74, 6) is 0.383. The van der Waals surface area contributed by atoms with Crippen LogP contribution in [0.5, 0.6) is 0 Å². The summed E-state index contributed by atoms with van der Waals surface area (Å²) < 4.78 is 0. The molecule has 0 radical (unpaired) electrons. The van der Waals surface area contributed by atoms with E-state index in [1.807, 2.05) is 12.3 Å². The predicted octanol–water partition coefficient (Wildman–Crippen LogP) is 3.14. The lowest BCUT2D eigenvalue weighted by atomic mass is 9.97. The molecule has 2 atom stereocenters. The summed E-state index contributed by atoms with van der Waals surface area (Å²) in [6.45, 7) is 7.63. The molecule has 6 heteroatoms. The predicted molar refractivity (Wildman–Crippen MR) is 92.3 cm³/mol. The molecule has 2 rings (SSSR count). The maximum Gasteiger partial charge on any atom is 0.243 e. The lowest BCUT2D eigenvalue weighted by Crippen LogP contribution is -2.50. The van der Waals surface area contributed by atoms with Crippen molar-refractivity contribution in [1.82, 2.24) is 15.6 Å². The molecule has 0 aromatic carbocycles.